The van der Waals surface area contributed by atoms with Crippen LogP contribution in [0.5, 0.6) is 0 Å². The Morgan fingerprint density at radius 1 is 1.25 bits per heavy atom. The Morgan fingerprint density at radius 3 is 2.50 bits per heavy atom. The third-order valence-electron chi connectivity index (χ3n) is 4.42. The van der Waals surface area contributed by atoms with E-state index in [1.165, 1.54) is 19.2 Å². The molecule has 130 valence electrons. The lowest BCUT2D eigenvalue weighted by Crippen LogP contribution is -2.37. The van der Waals surface area contributed by atoms with Crippen LogP contribution in [0.3, 0.4) is 0 Å². The second kappa shape index (κ2) is 7.66. The fourth-order valence-electron chi connectivity index (χ4n) is 3.08. The van der Waals surface area contributed by atoms with E-state index >= 15 is 0 Å². The normalized spacial score (nSPS) is 16.2. The number of carboxylic acid groups (broad SMARTS) is 1. The number of amides is 1. The van der Waals surface area contributed by atoms with E-state index in [1.54, 1.807) is 6.07 Å². The van der Waals surface area contributed by atoms with Gasteiger partial charge in [0.2, 0.25) is 5.91 Å². The Balaban J connectivity index is 2.11. The molecule has 0 heterocycles. The highest BCUT2D eigenvalue weighted by atomic mass is 35.5. The van der Waals surface area contributed by atoms with E-state index in [1.807, 2.05) is 0 Å². The molecular formula is C17H20ClNO5. The molecule has 2 N–H and O–H groups in total. The molecule has 0 aliphatic heterocycles. The van der Waals surface area contributed by atoms with Crippen LogP contribution in [0.4, 0.5) is 5.69 Å². The van der Waals surface area contributed by atoms with Crippen molar-refractivity contribution in [2.45, 2.75) is 38.5 Å². The van der Waals surface area contributed by atoms with E-state index < -0.39 is 23.3 Å². The maximum atomic E-state index is 12.3. The fraction of sp³-hybridized carbons (Fsp3) is 0.471. The van der Waals surface area contributed by atoms with Crippen molar-refractivity contribution in [2.75, 3.05) is 12.4 Å². The van der Waals surface area contributed by atoms with Gasteiger partial charge in [-0.2, -0.15) is 0 Å². The van der Waals surface area contributed by atoms with E-state index in [-0.39, 0.29) is 17.0 Å². The number of carboxylic acids is 1. The molecule has 0 atom stereocenters. The number of hydrogen-bond donors (Lipinski definition) is 2. The number of aliphatic carboxylic acids is 1. The van der Waals surface area contributed by atoms with Crippen LogP contribution in [0.1, 0.15) is 48.9 Å². The molecule has 0 saturated heterocycles. The molecule has 1 amide bonds. The van der Waals surface area contributed by atoms with E-state index in [2.05, 4.69) is 10.1 Å². The number of esters is 1. The molecule has 0 radical (unpaired) electrons. The van der Waals surface area contributed by atoms with Gasteiger partial charge < -0.3 is 15.2 Å². The third kappa shape index (κ3) is 4.06. The fourth-order valence-corrected chi connectivity index (χ4v) is 3.27. The van der Waals surface area contributed by atoms with Crippen molar-refractivity contribution in [2.24, 2.45) is 5.41 Å². The van der Waals surface area contributed by atoms with Gasteiger partial charge in [0.1, 0.15) is 0 Å². The largest absolute Gasteiger partial charge is 0.481 e. The minimum atomic E-state index is -1.00. The van der Waals surface area contributed by atoms with Crippen molar-refractivity contribution in [3.63, 3.8) is 0 Å². The average molecular weight is 354 g/mol. The average Bonchev–Trinajstić information content (AvgIpc) is 2.56. The van der Waals surface area contributed by atoms with Crippen molar-refractivity contribution in [3.8, 4) is 0 Å². The van der Waals surface area contributed by atoms with Gasteiger partial charge in [-0.25, -0.2) is 4.79 Å². The highest BCUT2D eigenvalue weighted by Gasteiger charge is 2.41. The van der Waals surface area contributed by atoms with Crippen LogP contribution in [-0.2, 0) is 14.3 Å². The van der Waals surface area contributed by atoms with Gasteiger partial charge in [-0.3, -0.25) is 9.59 Å². The van der Waals surface area contributed by atoms with Gasteiger partial charge in [0, 0.05) is 12.1 Å². The molecule has 1 aliphatic rings. The van der Waals surface area contributed by atoms with Crippen LogP contribution in [0, 0.1) is 5.41 Å². The predicted molar refractivity (Wildman–Crippen MR) is 89.2 cm³/mol. The first-order valence-corrected chi connectivity index (χ1v) is 8.17. The molecule has 1 aromatic carbocycles. The van der Waals surface area contributed by atoms with E-state index in [9.17, 15) is 19.5 Å². The van der Waals surface area contributed by atoms with Crippen molar-refractivity contribution >= 4 is 35.1 Å². The summed E-state index contributed by atoms with van der Waals surface area (Å²) in [7, 11) is 1.24. The summed E-state index contributed by atoms with van der Waals surface area (Å²) in [5.41, 5.74) is -0.483. The van der Waals surface area contributed by atoms with Crippen LogP contribution in [0.2, 0.25) is 5.02 Å². The van der Waals surface area contributed by atoms with Gasteiger partial charge in [0.15, 0.2) is 0 Å². The molecule has 0 spiro atoms. The van der Waals surface area contributed by atoms with Crippen LogP contribution < -0.4 is 5.32 Å². The van der Waals surface area contributed by atoms with E-state index in [0.29, 0.717) is 18.5 Å². The van der Waals surface area contributed by atoms with Crippen molar-refractivity contribution in [1.82, 2.24) is 0 Å². The second-order valence-corrected chi connectivity index (χ2v) is 6.46. The van der Waals surface area contributed by atoms with Crippen molar-refractivity contribution < 1.29 is 24.2 Å². The maximum absolute atomic E-state index is 12.3. The zero-order valence-electron chi connectivity index (χ0n) is 13.4. The van der Waals surface area contributed by atoms with Crippen LogP contribution in [0.25, 0.3) is 0 Å². The van der Waals surface area contributed by atoms with Crippen LogP contribution in [-0.4, -0.2) is 30.1 Å². The number of methoxy groups -OCH3 is 1. The molecule has 0 unspecified atom stereocenters. The number of benzene rings is 1. The first-order valence-electron chi connectivity index (χ1n) is 7.79. The monoisotopic (exact) mass is 353 g/mol. The Hall–Kier alpha value is -2.08. The lowest BCUT2D eigenvalue weighted by molar-refractivity contribution is -0.153. The topological polar surface area (TPSA) is 92.7 Å². The van der Waals surface area contributed by atoms with Gasteiger partial charge in [-0.1, -0.05) is 30.9 Å². The number of hydrogen-bond acceptors (Lipinski definition) is 4. The summed E-state index contributed by atoms with van der Waals surface area (Å²) >= 11 is 5.93. The summed E-state index contributed by atoms with van der Waals surface area (Å²) in [5, 5.41) is 12.4. The number of anilines is 1. The van der Waals surface area contributed by atoms with Crippen molar-refractivity contribution in [3.05, 3.63) is 28.8 Å². The Kier molecular flexibility index (Phi) is 5.83. The lowest BCUT2D eigenvalue weighted by atomic mass is 9.71. The number of nitrogens with one attached hydrogen (secondary N) is 1. The molecule has 24 heavy (non-hydrogen) atoms. The lowest BCUT2D eigenvalue weighted by Gasteiger charge is -2.32. The Bertz CT molecular complexity index is 652. The standard InChI is InChI=1S/C17H20ClNO5/c1-24-15(21)12-9-11(5-6-13(12)18)19-14(20)10-17(16(22)23)7-3-2-4-8-17/h5-6,9H,2-4,7-8,10H2,1H3,(H,19,20)(H,22,23). The van der Waals surface area contributed by atoms with E-state index in [0.717, 1.165) is 19.3 Å². The molecular weight excluding hydrogens is 334 g/mol. The third-order valence-corrected chi connectivity index (χ3v) is 4.75. The number of halogens is 1. The number of carbonyl (C=O) groups excluding carboxylic acids is 2. The SMILES string of the molecule is COC(=O)c1cc(NC(=O)CC2(C(=O)O)CCCCC2)ccc1Cl. The summed E-state index contributed by atoms with van der Waals surface area (Å²) in [6.07, 6.45) is 3.54. The first-order chi connectivity index (χ1) is 11.4. The minimum absolute atomic E-state index is 0.0848. The summed E-state index contributed by atoms with van der Waals surface area (Å²) in [6, 6.07) is 4.46. The molecule has 1 fully saturated rings. The quantitative estimate of drug-likeness (QED) is 0.790. The van der Waals surface area contributed by atoms with Crippen LogP contribution in [0.15, 0.2) is 18.2 Å². The molecule has 1 saturated carbocycles. The van der Waals surface area contributed by atoms with Gasteiger partial charge in [0.25, 0.3) is 0 Å². The van der Waals surface area contributed by atoms with Gasteiger partial charge >= 0.3 is 11.9 Å². The number of carbonyl (C=O) groups is 3. The first kappa shape index (κ1) is 18.3. The summed E-state index contributed by atoms with van der Waals surface area (Å²) in [6.45, 7) is 0. The van der Waals surface area contributed by atoms with Gasteiger partial charge in [-0.15, -0.1) is 0 Å². The molecule has 2 rings (SSSR count). The minimum Gasteiger partial charge on any atom is -0.481 e. The maximum Gasteiger partial charge on any atom is 0.339 e. The molecule has 7 heteroatoms. The summed E-state index contributed by atoms with van der Waals surface area (Å²) in [4.78, 5) is 35.6. The molecule has 0 bridgehead atoms. The predicted octanol–water partition coefficient (Wildman–Crippen LogP) is 3.49. The molecule has 1 aromatic rings. The van der Waals surface area contributed by atoms with Crippen molar-refractivity contribution in [1.29, 1.82) is 0 Å². The van der Waals surface area contributed by atoms with E-state index in [4.69, 9.17) is 11.6 Å². The smallest absolute Gasteiger partial charge is 0.339 e. The molecule has 1 aliphatic carbocycles. The number of rotatable bonds is 5. The molecule has 6 nitrogen and oxygen atoms in total. The zero-order chi connectivity index (χ0) is 17.7. The number of ether oxygens (including phenoxy) is 1. The summed E-state index contributed by atoms with van der Waals surface area (Å²) < 4.78 is 4.63. The highest BCUT2D eigenvalue weighted by molar-refractivity contribution is 6.33. The molecule has 0 aromatic heterocycles. The highest BCUT2D eigenvalue weighted by Crippen LogP contribution is 2.39. The van der Waals surface area contributed by atoms with Gasteiger partial charge in [-0.05, 0) is 31.0 Å². The summed E-state index contributed by atoms with van der Waals surface area (Å²) in [5.74, 6) is -1.92. The Labute approximate surface area is 145 Å². The Morgan fingerprint density at radius 2 is 1.92 bits per heavy atom. The van der Waals surface area contributed by atoms with Crippen LogP contribution >= 0.6 is 11.6 Å². The zero-order valence-corrected chi connectivity index (χ0v) is 14.2. The second-order valence-electron chi connectivity index (χ2n) is 6.06. The van der Waals surface area contributed by atoms with Gasteiger partial charge in [0.05, 0.1) is 23.1 Å².